The molecule has 1 aliphatic rings. The van der Waals surface area contributed by atoms with Crippen molar-refractivity contribution in [3.63, 3.8) is 0 Å². The molecule has 1 N–H and O–H groups in total. The first-order valence-corrected chi connectivity index (χ1v) is 11.1. The molecular formula is C21H30N2O3S. The van der Waals surface area contributed by atoms with Gasteiger partial charge in [0, 0.05) is 31.9 Å². The van der Waals surface area contributed by atoms with Crippen LogP contribution >= 0.6 is 0 Å². The Kier molecular flexibility index (Phi) is 8.13. The minimum Gasteiger partial charge on any atom is -0.374 e. The van der Waals surface area contributed by atoms with Crippen LogP contribution in [0.3, 0.4) is 0 Å². The highest BCUT2D eigenvalue weighted by Gasteiger charge is 2.07. The minimum absolute atomic E-state index is 0.172. The number of rotatable bonds is 10. The first-order chi connectivity index (χ1) is 12.9. The molecule has 0 unspecified atom stereocenters. The Morgan fingerprint density at radius 1 is 1.15 bits per heavy atom. The van der Waals surface area contributed by atoms with E-state index in [2.05, 4.69) is 78.4 Å². The van der Waals surface area contributed by atoms with Gasteiger partial charge in [-0.05, 0) is 62.2 Å². The molecule has 0 amide bonds. The lowest BCUT2D eigenvalue weighted by atomic mass is 10.1. The first-order valence-electron chi connectivity index (χ1n) is 9.52. The number of hydrogen-bond donors (Lipinski definition) is 1. The Balaban J connectivity index is 1.88. The van der Waals surface area contributed by atoms with Crippen LogP contribution in [0.1, 0.15) is 32.3 Å². The fourth-order valence-electron chi connectivity index (χ4n) is 2.95. The second-order valence-corrected chi connectivity index (χ2v) is 8.18. The molecule has 5 nitrogen and oxygen atoms in total. The van der Waals surface area contributed by atoms with E-state index in [9.17, 15) is 8.42 Å². The van der Waals surface area contributed by atoms with Gasteiger partial charge >= 0.3 is 0 Å². The molecule has 148 valence electrons. The van der Waals surface area contributed by atoms with Gasteiger partial charge in [0.15, 0.2) is 0 Å². The van der Waals surface area contributed by atoms with Crippen molar-refractivity contribution in [2.24, 2.45) is 0 Å². The number of hydrogen-bond acceptors (Lipinski definition) is 4. The van der Waals surface area contributed by atoms with Gasteiger partial charge in [-0.15, -0.1) is 0 Å². The lowest BCUT2D eigenvalue weighted by Gasteiger charge is -2.23. The molecule has 0 radical (unpaired) electrons. The summed E-state index contributed by atoms with van der Waals surface area (Å²) >= 11 is 0. The zero-order valence-corrected chi connectivity index (χ0v) is 17.0. The molecule has 0 aromatic heterocycles. The average Bonchev–Trinajstić information content (AvgIpc) is 2.66. The van der Waals surface area contributed by atoms with Gasteiger partial charge in [0.1, 0.15) is 0 Å². The van der Waals surface area contributed by atoms with Gasteiger partial charge in [-0.2, -0.15) is 8.42 Å². The van der Waals surface area contributed by atoms with Gasteiger partial charge in [0.05, 0.1) is 5.75 Å². The van der Waals surface area contributed by atoms with E-state index in [4.69, 9.17) is 4.55 Å². The predicted octanol–water partition coefficient (Wildman–Crippen LogP) is 3.97. The van der Waals surface area contributed by atoms with Crippen molar-refractivity contribution >= 4 is 21.9 Å². The van der Waals surface area contributed by atoms with Gasteiger partial charge in [0.2, 0.25) is 0 Å². The topological polar surface area (TPSA) is 60.9 Å². The van der Waals surface area contributed by atoms with Crippen LogP contribution in [-0.4, -0.2) is 49.8 Å². The third-order valence-corrected chi connectivity index (χ3v) is 5.44. The maximum absolute atomic E-state index is 10.8. The van der Waals surface area contributed by atoms with Crippen LogP contribution in [-0.2, 0) is 10.1 Å². The standard InChI is InChI=1S/C21H30N2O3S/c1-3-22-16-13-20(14-17-22)8-7-19-9-11-21(12-10-19)23(4-2)15-5-6-18-27(24,25)26/h7-14,16H,3-6,15,17-18H2,1-2H3,(H,24,25,26)/b8-7+. The Labute approximate surface area is 163 Å². The van der Waals surface area contributed by atoms with Crippen molar-refractivity contribution in [1.82, 2.24) is 4.90 Å². The van der Waals surface area contributed by atoms with Crippen LogP contribution < -0.4 is 4.90 Å². The summed E-state index contributed by atoms with van der Waals surface area (Å²) in [5.41, 5.74) is 3.49. The molecule has 1 aromatic rings. The van der Waals surface area contributed by atoms with Crippen LogP contribution in [0.25, 0.3) is 6.08 Å². The smallest absolute Gasteiger partial charge is 0.264 e. The Morgan fingerprint density at radius 3 is 2.44 bits per heavy atom. The summed E-state index contributed by atoms with van der Waals surface area (Å²) in [5, 5.41) is 0. The minimum atomic E-state index is -3.86. The van der Waals surface area contributed by atoms with Gasteiger partial charge in [-0.25, -0.2) is 0 Å². The van der Waals surface area contributed by atoms with E-state index in [-0.39, 0.29) is 5.75 Å². The summed E-state index contributed by atoms with van der Waals surface area (Å²) in [6.45, 7) is 7.83. The fourth-order valence-corrected chi connectivity index (χ4v) is 3.52. The SMILES string of the molecule is CCN1C=CC(/C=C/c2ccc(N(CC)CCCCS(=O)(=O)O)cc2)=CC1. The van der Waals surface area contributed by atoms with Crippen molar-refractivity contribution in [3.05, 3.63) is 59.8 Å². The van der Waals surface area contributed by atoms with Crippen LogP contribution in [0.5, 0.6) is 0 Å². The summed E-state index contributed by atoms with van der Waals surface area (Å²) in [4.78, 5) is 4.46. The monoisotopic (exact) mass is 390 g/mol. The van der Waals surface area contributed by atoms with Gasteiger partial charge in [-0.1, -0.05) is 30.4 Å². The highest BCUT2D eigenvalue weighted by atomic mass is 32.2. The molecule has 0 spiro atoms. The molecule has 2 rings (SSSR count). The van der Waals surface area contributed by atoms with E-state index in [1.807, 2.05) is 0 Å². The molecule has 27 heavy (non-hydrogen) atoms. The van der Waals surface area contributed by atoms with Crippen LogP contribution in [0, 0.1) is 0 Å². The van der Waals surface area contributed by atoms with Crippen molar-refractivity contribution < 1.29 is 13.0 Å². The molecule has 0 saturated carbocycles. The lowest BCUT2D eigenvalue weighted by Crippen LogP contribution is -2.24. The zero-order chi connectivity index (χ0) is 19.7. The molecule has 1 heterocycles. The van der Waals surface area contributed by atoms with Crippen molar-refractivity contribution in [2.45, 2.75) is 26.7 Å². The Hall–Kier alpha value is -2.05. The molecular weight excluding hydrogens is 360 g/mol. The number of anilines is 1. The summed E-state index contributed by atoms with van der Waals surface area (Å²) < 4.78 is 30.4. The first kappa shape index (κ1) is 21.3. The number of benzene rings is 1. The highest BCUT2D eigenvalue weighted by Crippen LogP contribution is 2.18. The van der Waals surface area contributed by atoms with E-state index in [0.717, 1.165) is 43.9 Å². The number of nitrogens with zero attached hydrogens (tertiary/aromatic N) is 2. The van der Waals surface area contributed by atoms with Crippen molar-refractivity contribution in [3.8, 4) is 0 Å². The second-order valence-electron chi connectivity index (χ2n) is 6.61. The maximum Gasteiger partial charge on any atom is 0.264 e. The molecule has 0 bridgehead atoms. The number of likely N-dealkylation sites (N-methyl/N-ethyl adjacent to an activating group) is 1. The van der Waals surface area contributed by atoms with E-state index >= 15 is 0 Å². The normalized spacial score (nSPS) is 14.6. The fraction of sp³-hybridized carbons (Fsp3) is 0.429. The lowest BCUT2D eigenvalue weighted by molar-refractivity contribution is 0.434. The molecule has 0 saturated heterocycles. The van der Waals surface area contributed by atoms with E-state index in [1.165, 1.54) is 5.57 Å². The second kappa shape index (κ2) is 10.3. The summed E-state index contributed by atoms with van der Waals surface area (Å²) in [5.74, 6) is -0.172. The predicted molar refractivity (Wildman–Crippen MR) is 113 cm³/mol. The molecule has 6 heteroatoms. The molecule has 1 aliphatic heterocycles. The van der Waals surface area contributed by atoms with Crippen LogP contribution in [0.2, 0.25) is 0 Å². The largest absolute Gasteiger partial charge is 0.374 e. The average molecular weight is 391 g/mol. The number of unbranched alkanes of at least 4 members (excludes halogenated alkanes) is 1. The van der Waals surface area contributed by atoms with Crippen LogP contribution in [0.4, 0.5) is 5.69 Å². The maximum atomic E-state index is 10.8. The van der Waals surface area contributed by atoms with Gasteiger partial charge < -0.3 is 9.80 Å². The quantitative estimate of drug-likeness (QED) is 0.484. The Bertz CT molecular complexity index is 780. The van der Waals surface area contributed by atoms with Crippen molar-refractivity contribution in [2.75, 3.05) is 36.8 Å². The molecule has 0 fully saturated rings. The Morgan fingerprint density at radius 2 is 1.89 bits per heavy atom. The molecule has 1 aromatic carbocycles. The summed E-state index contributed by atoms with van der Waals surface area (Å²) in [7, 11) is -3.86. The zero-order valence-electron chi connectivity index (χ0n) is 16.2. The van der Waals surface area contributed by atoms with E-state index < -0.39 is 10.1 Å². The third kappa shape index (κ3) is 7.61. The summed E-state index contributed by atoms with van der Waals surface area (Å²) in [6, 6.07) is 8.38. The van der Waals surface area contributed by atoms with E-state index in [1.54, 1.807) is 0 Å². The highest BCUT2D eigenvalue weighted by molar-refractivity contribution is 7.85. The van der Waals surface area contributed by atoms with Crippen molar-refractivity contribution in [1.29, 1.82) is 0 Å². The molecule has 0 atom stereocenters. The number of allylic oxidation sites excluding steroid dienone is 3. The van der Waals surface area contributed by atoms with Crippen LogP contribution in [0.15, 0.2) is 54.3 Å². The van der Waals surface area contributed by atoms with Gasteiger partial charge in [-0.3, -0.25) is 4.55 Å². The van der Waals surface area contributed by atoms with E-state index in [0.29, 0.717) is 6.42 Å². The molecule has 0 aliphatic carbocycles. The van der Waals surface area contributed by atoms with Gasteiger partial charge in [0.25, 0.3) is 10.1 Å². The third-order valence-electron chi connectivity index (χ3n) is 4.63. The summed E-state index contributed by atoms with van der Waals surface area (Å²) in [6.07, 6.45) is 11.9.